The van der Waals surface area contributed by atoms with Crippen molar-refractivity contribution in [3.8, 4) is 0 Å². The molecule has 64 valence electrons. The largest absolute Gasteiger partial charge is 0.396 e. The Bertz CT molecular complexity index is 127. The summed E-state index contributed by atoms with van der Waals surface area (Å²) in [7, 11) is 0. The Balaban J connectivity index is 3.15. The van der Waals surface area contributed by atoms with E-state index in [1.165, 1.54) is 0 Å². The maximum absolute atomic E-state index is 10.7. The summed E-state index contributed by atoms with van der Waals surface area (Å²) in [4.78, 5) is 20.4. The van der Waals surface area contributed by atoms with Gasteiger partial charge in [0.15, 0.2) is 0 Å². The molecule has 11 heavy (non-hydrogen) atoms. The Morgan fingerprint density at radius 2 is 2.27 bits per heavy atom. The Kier molecular flexibility index (Phi) is 6.31. The zero-order valence-corrected chi connectivity index (χ0v) is 6.17. The van der Waals surface area contributed by atoms with Crippen molar-refractivity contribution in [2.45, 2.75) is 6.42 Å². The standard InChI is InChI=1S/C6H12N2O3/c9-3-1-2-8-6(11)4-7-5-10/h5,9H,1-4H2,(H,7,10)(H,8,11). The van der Waals surface area contributed by atoms with Crippen molar-refractivity contribution >= 4 is 12.3 Å². The van der Waals surface area contributed by atoms with Crippen molar-refractivity contribution in [2.24, 2.45) is 0 Å². The van der Waals surface area contributed by atoms with E-state index in [-0.39, 0.29) is 19.1 Å². The summed E-state index contributed by atoms with van der Waals surface area (Å²) < 4.78 is 0. The molecule has 0 aromatic carbocycles. The number of aliphatic hydroxyl groups is 1. The second-order valence-corrected chi connectivity index (χ2v) is 1.93. The van der Waals surface area contributed by atoms with Crippen molar-refractivity contribution in [3.63, 3.8) is 0 Å². The highest BCUT2D eigenvalue weighted by Crippen LogP contribution is 1.71. The molecule has 0 radical (unpaired) electrons. The molecule has 0 saturated carbocycles. The maximum atomic E-state index is 10.7. The number of nitrogens with one attached hydrogen (secondary N) is 2. The van der Waals surface area contributed by atoms with E-state index in [0.29, 0.717) is 19.4 Å². The Hall–Kier alpha value is -1.10. The van der Waals surface area contributed by atoms with E-state index in [0.717, 1.165) is 0 Å². The molecule has 0 aromatic heterocycles. The average Bonchev–Trinajstić information content (AvgIpc) is 2.01. The van der Waals surface area contributed by atoms with E-state index in [4.69, 9.17) is 5.11 Å². The molecule has 0 aliphatic rings. The Morgan fingerprint density at radius 3 is 2.82 bits per heavy atom. The van der Waals surface area contributed by atoms with E-state index in [2.05, 4.69) is 10.6 Å². The normalized spacial score (nSPS) is 8.82. The molecule has 0 bridgehead atoms. The molecular formula is C6H12N2O3. The highest BCUT2D eigenvalue weighted by molar-refractivity contribution is 5.79. The molecular weight excluding hydrogens is 148 g/mol. The first kappa shape index (κ1) is 9.90. The number of hydrogen-bond acceptors (Lipinski definition) is 3. The van der Waals surface area contributed by atoms with Gasteiger partial charge in [0.1, 0.15) is 0 Å². The lowest BCUT2D eigenvalue weighted by Crippen LogP contribution is -2.33. The highest BCUT2D eigenvalue weighted by atomic mass is 16.3. The molecule has 0 rings (SSSR count). The number of amides is 2. The second-order valence-electron chi connectivity index (χ2n) is 1.93. The van der Waals surface area contributed by atoms with Crippen LogP contribution in [0.15, 0.2) is 0 Å². The Morgan fingerprint density at radius 1 is 1.55 bits per heavy atom. The number of aliphatic hydroxyl groups excluding tert-OH is 1. The van der Waals surface area contributed by atoms with Crippen LogP contribution in [0.25, 0.3) is 0 Å². The molecule has 0 saturated heterocycles. The average molecular weight is 160 g/mol. The molecule has 2 amide bonds. The van der Waals surface area contributed by atoms with Crippen LogP contribution < -0.4 is 10.6 Å². The van der Waals surface area contributed by atoms with Crippen LogP contribution in [0.2, 0.25) is 0 Å². The van der Waals surface area contributed by atoms with Crippen LogP contribution in [0, 0.1) is 0 Å². The fraction of sp³-hybridized carbons (Fsp3) is 0.667. The summed E-state index contributed by atoms with van der Waals surface area (Å²) in [6.45, 7) is 0.492. The molecule has 0 unspecified atom stereocenters. The monoisotopic (exact) mass is 160 g/mol. The van der Waals surface area contributed by atoms with Crippen LogP contribution in [0.4, 0.5) is 0 Å². The van der Waals surface area contributed by atoms with Crippen LogP contribution in [-0.4, -0.2) is 37.1 Å². The molecule has 0 spiro atoms. The summed E-state index contributed by atoms with van der Waals surface area (Å²) >= 11 is 0. The lowest BCUT2D eigenvalue weighted by molar-refractivity contribution is -0.122. The molecule has 5 nitrogen and oxygen atoms in total. The SMILES string of the molecule is O=CNCC(=O)NCCCO. The van der Waals surface area contributed by atoms with Crippen molar-refractivity contribution < 1.29 is 14.7 Å². The summed E-state index contributed by atoms with van der Waals surface area (Å²) in [5, 5.41) is 13.1. The number of hydrogen-bond donors (Lipinski definition) is 3. The van der Waals surface area contributed by atoms with E-state index in [1.54, 1.807) is 0 Å². The quantitative estimate of drug-likeness (QED) is 0.318. The van der Waals surface area contributed by atoms with Crippen molar-refractivity contribution in [2.75, 3.05) is 19.7 Å². The molecule has 0 aromatic rings. The van der Waals surface area contributed by atoms with Gasteiger partial charge in [0.2, 0.25) is 12.3 Å². The summed E-state index contributed by atoms with van der Waals surface area (Å²) in [5.41, 5.74) is 0. The van der Waals surface area contributed by atoms with Gasteiger partial charge in [-0.2, -0.15) is 0 Å². The smallest absolute Gasteiger partial charge is 0.239 e. The fourth-order valence-electron chi connectivity index (χ4n) is 0.504. The van der Waals surface area contributed by atoms with E-state index in [9.17, 15) is 9.59 Å². The predicted molar refractivity (Wildman–Crippen MR) is 38.8 cm³/mol. The molecule has 0 heterocycles. The summed E-state index contributed by atoms with van der Waals surface area (Å²) in [6, 6.07) is 0. The van der Waals surface area contributed by atoms with Crippen LogP contribution in [0.5, 0.6) is 0 Å². The lowest BCUT2D eigenvalue weighted by Gasteiger charge is -2.01. The van der Waals surface area contributed by atoms with Gasteiger partial charge in [0.05, 0.1) is 6.54 Å². The topological polar surface area (TPSA) is 78.4 Å². The van der Waals surface area contributed by atoms with Crippen LogP contribution in [0.3, 0.4) is 0 Å². The van der Waals surface area contributed by atoms with Crippen LogP contribution in [-0.2, 0) is 9.59 Å². The molecule has 0 fully saturated rings. The van der Waals surface area contributed by atoms with Gasteiger partial charge in [-0.25, -0.2) is 0 Å². The zero-order chi connectivity index (χ0) is 8.53. The van der Waals surface area contributed by atoms with Crippen molar-refractivity contribution in [3.05, 3.63) is 0 Å². The minimum absolute atomic E-state index is 0.00503. The minimum Gasteiger partial charge on any atom is -0.396 e. The molecule has 0 atom stereocenters. The van der Waals surface area contributed by atoms with Crippen molar-refractivity contribution in [1.82, 2.24) is 10.6 Å². The number of rotatable bonds is 6. The first-order valence-corrected chi connectivity index (χ1v) is 3.36. The minimum atomic E-state index is -0.245. The lowest BCUT2D eigenvalue weighted by atomic mass is 10.4. The highest BCUT2D eigenvalue weighted by Gasteiger charge is 1.96. The third-order valence-corrected chi connectivity index (χ3v) is 1.00. The van der Waals surface area contributed by atoms with Gasteiger partial charge in [-0.1, -0.05) is 0 Å². The van der Waals surface area contributed by atoms with E-state index < -0.39 is 0 Å². The number of carbonyl (C=O) groups is 2. The van der Waals surface area contributed by atoms with Gasteiger partial charge in [0, 0.05) is 13.2 Å². The van der Waals surface area contributed by atoms with Gasteiger partial charge in [0.25, 0.3) is 0 Å². The third kappa shape index (κ3) is 6.79. The van der Waals surface area contributed by atoms with Gasteiger partial charge >= 0.3 is 0 Å². The first-order valence-electron chi connectivity index (χ1n) is 3.36. The zero-order valence-electron chi connectivity index (χ0n) is 6.17. The fourth-order valence-corrected chi connectivity index (χ4v) is 0.504. The molecule has 0 aliphatic heterocycles. The molecule has 3 N–H and O–H groups in total. The molecule has 0 aliphatic carbocycles. The Labute approximate surface area is 64.8 Å². The number of carbonyl (C=O) groups excluding carboxylic acids is 2. The van der Waals surface area contributed by atoms with Gasteiger partial charge in [-0.3, -0.25) is 9.59 Å². The third-order valence-electron chi connectivity index (χ3n) is 1.00. The maximum Gasteiger partial charge on any atom is 0.239 e. The summed E-state index contributed by atoms with van der Waals surface area (Å²) in [6.07, 6.45) is 0.998. The molecule has 5 heteroatoms. The second kappa shape index (κ2) is 7.01. The van der Waals surface area contributed by atoms with E-state index >= 15 is 0 Å². The first-order chi connectivity index (χ1) is 5.31. The van der Waals surface area contributed by atoms with Gasteiger partial charge in [-0.05, 0) is 6.42 Å². The predicted octanol–water partition coefficient (Wildman–Crippen LogP) is -1.77. The van der Waals surface area contributed by atoms with Gasteiger partial charge < -0.3 is 15.7 Å². The summed E-state index contributed by atoms with van der Waals surface area (Å²) in [5.74, 6) is -0.245. The van der Waals surface area contributed by atoms with Crippen molar-refractivity contribution in [1.29, 1.82) is 0 Å². The van der Waals surface area contributed by atoms with E-state index in [1.807, 2.05) is 0 Å². The van der Waals surface area contributed by atoms with Crippen LogP contribution in [0.1, 0.15) is 6.42 Å². The van der Waals surface area contributed by atoms with Gasteiger partial charge in [-0.15, -0.1) is 0 Å². The van der Waals surface area contributed by atoms with Crippen LogP contribution >= 0.6 is 0 Å².